The Labute approximate surface area is 143 Å². The minimum absolute atomic E-state index is 0.0836. The average Bonchev–Trinajstić information content (AvgIpc) is 2.56. The molecular formula is C17H27N3O4. The van der Waals surface area contributed by atoms with E-state index in [9.17, 15) is 9.59 Å². The molecule has 1 saturated heterocycles. The average molecular weight is 337 g/mol. The van der Waals surface area contributed by atoms with Gasteiger partial charge in [-0.25, -0.2) is 0 Å². The van der Waals surface area contributed by atoms with E-state index in [0.717, 1.165) is 5.70 Å². The van der Waals surface area contributed by atoms with E-state index >= 15 is 0 Å². The van der Waals surface area contributed by atoms with Gasteiger partial charge in [-0.05, 0) is 26.1 Å². The molecule has 1 aliphatic heterocycles. The second-order valence-electron chi connectivity index (χ2n) is 5.43. The molecule has 1 aliphatic rings. The number of allylic oxidation sites excluding steroid dienone is 3. The Balaban J connectivity index is 2.66. The van der Waals surface area contributed by atoms with Crippen LogP contribution in [0.1, 0.15) is 6.92 Å². The fraction of sp³-hybridized carbons (Fsp3) is 0.529. The fourth-order valence-corrected chi connectivity index (χ4v) is 2.41. The summed E-state index contributed by atoms with van der Waals surface area (Å²) in [5.74, 6) is -0.0836. The topological polar surface area (TPSA) is 71.1 Å². The molecule has 1 heterocycles. The molecule has 0 aromatic heterocycles. The lowest BCUT2D eigenvalue weighted by Gasteiger charge is -2.28. The second-order valence-corrected chi connectivity index (χ2v) is 5.43. The fourth-order valence-electron chi connectivity index (χ4n) is 2.41. The van der Waals surface area contributed by atoms with Crippen molar-refractivity contribution in [3.63, 3.8) is 0 Å². The summed E-state index contributed by atoms with van der Waals surface area (Å²) in [6.07, 6.45) is 5.40. The van der Waals surface area contributed by atoms with Crippen molar-refractivity contribution in [2.24, 2.45) is 0 Å². The number of rotatable bonds is 10. The zero-order valence-electron chi connectivity index (χ0n) is 14.7. The molecule has 0 saturated carbocycles. The first-order valence-corrected chi connectivity index (χ1v) is 7.89. The van der Waals surface area contributed by atoms with Crippen molar-refractivity contribution in [3.8, 4) is 0 Å². The standard InChI is InChI=1S/C17H27N3O4/c1-5-15(19(4)11-16(10-18-3)24-13-21)7-6-14(2)20-8-9-23-12-17(20)22/h5-7,13,16,18H,2,8-12H2,1,3-4H3/b7-6-,15-5+. The van der Waals surface area contributed by atoms with Crippen LogP contribution in [0.3, 0.4) is 0 Å². The molecule has 0 bridgehead atoms. The van der Waals surface area contributed by atoms with Crippen molar-refractivity contribution in [1.29, 1.82) is 0 Å². The maximum atomic E-state index is 11.8. The number of nitrogens with zero attached hydrogens (tertiary/aromatic N) is 2. The minimum Gasteiger partial charge on any atom is -0.461 e. The summed E-state index contributed by atoms with van der Waals surface area (Å²) in [4.78, 5) is 26.0. The van der Waals surface area contributed by atoms with Crippen molar-refractivity contribution in [1.82, 2.24) is 15.1 Å². The van der Waals surface area contributed by atoms with E-state index in [2.05, 4.69) is 11.9 Å². The highest BCUT2D eigenvalue weighted by atomic mass is 16.5. The van der Waals surface area contributed by atoms with Crippen LogP contribution in [-0.4, -0.2) is 75.2 Å². The molecule has 1 fully saturated rings. The van der Waals surface area contributed by atoms with Crippen molar-refractivity contribution < 1.29 is 19.1 Å². The Bertz CT molecular complexity index is 502. The van der Waals surface area contributed by atoms with Gasteiger partial charge in [0.05, 0.1) is 13.2 Å². The van der Waals surface area contributed by atoms with E-state index in [1.807, 2.05) is 37.1 Å². The van der Waals surface area contributed by atoms with Crippen LogP contribution in [-0.2, 0) is 19.1 Å². The van der Waals surface area contributed by atoms with Crippen molar-refractivity contribution >= 4 is 12.4 Å². The third-order valence-corrected chi connectivity index (χ3v) is 3.67. The van der Waals surface area contributed by atoms with Crippen LogP contribution in [0.4, 0.5) is 0 Å². The molecule has 7 nitrogen and oxygen atoms in total. The number of amides is 1. The summed E-state index contributed by atoms with van der Waals surface area (Å²) in [5, 5.41) is 2.99. The van der Waals surface area contributed by atoms with Gasteiger partial charge in [0.2, 0.25) is 0 Å². The lowest BCUT2D eigenvalue weighted by molar-refractivity contribution is -0.139. The zero-order valence-corrected chi connectivity index (χ0v) is 14.7. The Morgan fingerprint density at radius 1 is 1.54 bits per heavy atom. The number of hydrogen-bond donors (Lipinski definition) is 1. The molecule has 7 heteroatoms. The Hall–Kier alpha value is -2.12. The van der Waals surface area contributed by atoms with Crippen LogP contribution < -0.4 is 5.32 Å². The van der Waals surface area contributed by atoms with Gasteiger partial charge < -0.3 is 24.6 Å². The highest BCUT2D eigenvalue weighted by Crippen LogP contribution is 2.12. The van der Waals surface area contributed by atoms with E-state index in [0.29, 0.717) is 38.4 Å². The smallest absolute Gasteiger partial charge is 0.293 e. The van der Waals surface area contributed by atoms with Gasteiger partial charge in [-0.1, -0.05) is 12.7 Å². The molecule has 24 heavy (non-hydrogen) atoms. The first-order valence-electron chi connectivity index (χ1n) is 7.89. The van der Waals surface area contributed by atoms with E-state index in [1.165, 1.54) is 0 Å². The molecule has 1 atom stereocenters. The molecule has 0 radical (unpaired) electrons. The number of nitrogens with one attached hydrogen (secondary N) is 1. The zero-order chi connectivity index (χ0) is 17.9. The summed E-state index contributed by atoms with van der Waals surface area (Å²) in [6.45, 7) is 8.58. The third-order valence-electron chi connectivity index (χ3n) is 3.67. The van der Waals surface area contributed by atoms with Crippen LogP contribution in [0.5, 0.6) is 0 Å². The maximum Gasteiger partial charge on any atom is 0.293 e. The number of likely N-dealkylation sites (N-methyl/N-ethyl adjacent to an activating group) is 2. The van der Waals surface area contributed by atoms with Gasteiger partial charge >= 0.3 is 0 Å². The van der Waals surface area contributed by atoms with Crippen LogP contribution in [0, 0.1) is 0 Å². The molecule has 1 N–H and O–H groups in total. The first-order chi connectivity index (χ1) is 11.5. The van der Waals surface area contributed by atoms with E-state index in [4.69, 9.17) is 9.47 Å². The highest BCUT2D eigenvalue weighted by Gasteiger charge is 2.19. The monoisotopic (exact) mass is 337 g/mol. The van der Waals surface area contributed by atoms with Gasteiger partial charge in [0.15, 0.2) is 0 Å². The second kappa shape index (κ2) is 10.6. The quantitative estimate of drug-likeness (QED) is 0.463. The van der Waals surface area contributed by atoms with Gasteiger partial charge in [-0.3, -0.25) is 9.59 Å². The predicted octanol–water partition coefficient (Wildman–Crippen LogP) is 0.512. The SMILES string of the molecule is C=C(/C=C\C(=C/C)N(C)CC(CNC)OC=O)N1CCOCC1=O. The Kier molecular flexibility index (Phi) is 8.81. The summed E-state index contributed by atoms with van der Waals surface area (Å²) in [5.41, 5.74) is 1.57. The van der Waals surface area contributed by atoms with Gasteiger partial charge in [0.25, 0.3) is 12.4 Å². The normalized spacial score (nSPS) is 17.0. The van der Waals surface area contributed by atoms with Crippen LogP contribution in [0.2, 0.25) is 0 Å². The molecule has 1 rings (SSSR count). The molecular weight excluding hydrogens is 310 g/mol. The predicted molar refractivity (Wildman–Crippen MR) is 92.1 cm³/mol. The first kappa shape index (κ1) is 19.9. The summed E-state index contributed by atoms with van der Waals surface area (Å²) >= 11 is 0. The number of ether oxygens (including phenoxy) is 2. The van der Waals surface area contributed by atoms with Gasteiger partial charge in [-0.2, -0.15) is 0 Å². The van der Waals surface area contributed by atoms with E-state index in [-0.39, 0.29) is 18.6 Å². The van der Waals surface area contributed by atoms with Crippen molar-refractivity contribution in [2.75, 3.05) is 46.9 Å². The van der Waals surface area contributed by atoms with E-state index < -0.39 is 0 Å². The molecule has 0 aliphatic carbocycles. The number of carbonyl (C=O) groups is 2. The summed E-state index contributed by atoms with van der Waals surface area (Å²) < 4.78 is 10.2. The lowest BCUT2D eigenvalue weighted by Crippen LogP contribution is -2.40. The Morgan fingerprint density at radius 2 is 2.29 bits per heavy atom. The molecule has 1 amide bonds. The van der Waals surface area contributed by atoms with Crippen molar-refractivity contribution in [3.05, 3.63) is 36.2 Å². The number of morpholine rings is 1. The largest absolute Gasteiger partial charge is 0.461 e. The Morgan fingerprint density at radius 3 is 2.88 bits per heavy atom. The minimum atomic E-state index is -0.245. The molecule has 134 valence electrons. The molecule has 0 aromatic carbocycles. The number of hydrogen-bond acceptors (Lipinski definition) is 6. The van der Waals surface area contributed by atoms with Crippen LogP contribution >= 0.6 is 0 Å². The molecule has 0 aromatic rings. The van der Waals surface area contributed by atoms with Crippen molar-refractivity contribution in [2.45, 2.75) is 13.0 Å². The maximum absolute atomic E-state index is 11.8. The third kappa shape index (κ3) is 6.17. The van der Waals surface area contributed by atoms with Gasteiger partial charge in [0.1, 0.15) is 12.7 Å². The van der Waals surface area contributed by atoms with Gasteiger partial charge in [-0.15, -0.1) is 0 Å². The van der Waals surface area contributed by atoms with Gasteiger partial charge in [0, 0.05) is 31.5 Å². The summed E-state index contributed by atoms with van der Waals surface area (Å²) in [6, 6.07) is 0. The van der Waals surface area contributed by atoms with Crippen LogP contribution in [0.25, 0.3) is 0 Å². The summed E-state index contributed by atoms with van der Waals surface area (Å²) in [7, 11) is 3.72. The van der Waals surface area contributed by atoms with E-state index in [1.54, 1.807) is 11.9 Å². The number of carbonyl (C=O) groups excluding carboxylic acids is 2. The highest BCUT2D eigenvalue weighted by molar-refractivity contribution is 5.80. The lowest BCUT2D eigenvalue weighted by atomic mass is 10.2. The molecule has 1 unspecified atom stereocenters. The molecule has 0 spiro atoms. The van der Waals surface area contributed by atoms with Crippen LogP contribution in [0.15, 0.2) is 36.2 Å².